The van der Waals surface area contributed by atoms with Crippen LogP contribution in [0.2, 0.25) is 0 Å². The van der Waals surface area contributed by atoms with Crippen LogP contribution >= 0.6 is 11.8 Å². The van der Waals surface area contributed by atoms with Gasteiger partial charge in [-0.1, -0.05) is 17.8 Å². The number of nitrogens with one attached hydrogen (secondary N) is 1. The molecule has 0 aliphatic carbocycles. The van der Waals surface area contributed by atoms with Crippen molar-refractivity contribution in [2.75, 3.05) is 11.1 Å². The van der Waals surface area contributed by atoms with Crippen molar-refractivity contribution in [1.29, 1.82) is 0 Å². The third-order valence-electron chi connectivity index (χ3n) is 2.78. The molecule has 0 spiro atoms. The molecule has 21 heavy (non-hydrogen) atoms. The number of carbonyl (C=O) groups excluding carboxylic acids is 1. The van der Waals surface area contributed by atoms with Crippen LogP contribution in [-0.4, -0.2) is 26.4 Å². The van der Waals surface area contributed by atoms with Gasteiger partial charge in [0.2, 0.25) is 5.91 Å². The second-order valence-corrected chi connectivity index (χ2v) is 5.38. The van der Waals surface area contributed by atoms with Gasteiger partial charge in [-0.3, -0.25) is 4.79 Å². The fourth-order valence-electron chi connectivity index (χ4n) is 1.67. The van der Waals surface area contributed by atoms with Crippen LogP contribution in [0, 0.1) is 5.82 Å². The zero-order valence-electron chi connectivity index (χ0n) is 11.5. The van der Waals surface area contributed by atoms with E-state index in [2.05, 4.69) is 15.5 Å². The first kappa shape index (κ1) is 15.5. The molecule has 8 heteroatoms. The lowest BCUT2D eigenvalue weighted by molar-refractivity contribution is -0.115. The molecule has 1 aromatic heterocycles. The molecule has 3 N–H and O–H groups in total. The zero-order valence-corrected chi connectivity index (χ0v) is 12.4. The van der Waals surface area contributed by atoms with E-state index in [0.29, 0.717) is 35.4 Å². The number of hydrogen-bond donors (Lipinski definition) is 2. The molecule has 112 valence electrons. The Kier molecular flexibility index (Phi) is 5.29. The average Bonchev–Trinajstić information content (AvgIpc) is 2.79. The Bertz CT molecular complexity index is 631. The largest absolute Gasteiger partial charge is 0.326 e. The Labute approximate surface area is 125 Å². The van der Waals surface area contributed by atoms with Gasteiger partial charge >= 0.3 is 0 Å². The molecule has 0 aliphatic heterocycles. The fraction of sp³-hybridized carbons (Fsp3) is 0.308. The minimum Gasteiger partial charge on any atom is -0.326 e. The molecule has 6 nitrogen and oxygen atoms in total. The van der Waals surface area contributed by atoms with E-state index in [1.165, 1.54) is 23.9 Å². The highest BCUT2D eigenvalue weighted by Crippen LogP contribution is 2.17. The lowest BCUT2D eigenvalue weighted by atomic mass is 10.3. The number of hydrogen-bond acceptors (Lipinski definition) is 5. The number of nitrogens with two attached hydrogens (primary N) is 1. The lowest BCUT2D eigenvalue weighted by Gasteiger charge is -2.05. The van der Waals surface area contributed by atoms with E-state index in [0.717, 1.165) is 0 Å². The van der Waals surface area contributed by atoms with Gasteiger partial charge in [0, 0.05) is 24.9 Å². The zero-order chi connectivity index (χ0) is 15.2. The maximum Gasteiger partial charge on any atom is 0.225 e. The van der Waals surface area contributed by atoms with Crippen LogP contribution in [0.15, 0.2) is 29.4 Å². The second-order valence-electron chi connectivity index (χ2n) is 4.32. The average molecular weight is 309 g/mol. The van der Waals surface area contributed by atoms with Crippen LogP contribution in [0.25, 0.3) is 0 Å². The van der Waals surface area contributed by atoms with Gasteiger partial charge in [0.15, 0.2) is 5.16 Å². The van der Waals surface area contributed by atoms with E-state index in [9.17, 15) is 9.18 Å². The van der Waals surface area contributed by atoms with Gasteiger partial charge in [-0.2, -0.15) is 0 Å². The number of carbonyl (C=O) groups is 1. The number of rotatable bonds is 6. The van der Waals surface area contributed by atoms with E-state index in [-0.39, 0.29) is 11.7 Å². The summed E-state index contributed by atoms with van der Waals surface area (Å²) in [6.45, 7) is 0.324. The molecule has 0 atom stereocenters. The Hall–Kier alpha value is -1.93. The van der Waals surface area contributed by atoms with Crippen LogP contribution in [0.4, 0.5) is 10.1 Å². The molecule has 0 fully saturated rings. The highest BCUT2D eigenvalue weighted by atomic mass is 32.2. The Morgan fingerprint density at radius 3 is 2.95 bits per heavy atom. The van der Waals surface area contributed by atoms with Crippen molar-refractivity contribution in [3.8, 4) is 0 Å². The summed E-state index contributed by atoms with van der Waals surface area (Å²) in [6, 6.07) is 5.80. The van der Waals surface area contributed by atoms with Gasteiger partial charge in [-0.05, 0) is 18.2 Å². The summed E-state index contributed by atoms with van der Waals surface area (Å²) >= 11 is 1.42. The van der Waals surface area contributed by atoms with E-state index >= 15 is 0 Å². The summed E-state index contributed by atoms with van der Waals surface area (Å²) in [5.74, 6) is 0.698. The van der Waals surface area contributed by atoms with Gasteiger partial charge in [0.1, 0.15) is 11.6 Å². The first-order valence-corrected chi connectivity index (χ1v) is 7.35. The minimum atomic E-state index is -0.379. The third kappa shape index (κ3) is 4.27. The Balaban J connectivity index is 1.80. The molecular weight excluding hydrogens is 293 g/mol. The van der Waals surface area contributed by atoms with Crippen molar-refractivity contribution in [2.24, 2.45) is 12.8 Å². The van der Waals surface area contributed by atoms with Crippen molar-refractivity contribution in [1.82, 2.24) is 14.8 Å². The molecule has 1 amide bonds. The van der Waals surface area contributed by atoms with E-state index < -0.39 is 0 Å². The van der Waals surface area contributed by atoms with Crippen LogP contribution < -0.4 is 11.1 Å². The number of amides is 1. The van der Waals surface area contributed by atoms with Crippen LogP contribution in [0.1, 0.15) is 12.2 Å². The van der Waals surface area contributed by atoms with Gasteiger partial charge in [-0.25, -0.2) is 4.39 Å². The van der Waals surface area contributed by atoms with Crippen LogP contribution in [-0.2, 0) is 18.4 Å². The maximum absolute atomic E-state index is 13.0. The predicted octanol–water partition coefficient (Wildman–Crippen LogP) is 1.53. The smallest absolute Gasteiger partial charge is 0.225 e. The minimum absolute atomic E-state index is 0.172. The Morgan fingerprint density at radius 2 is 2.29 bits per heavy atom. The quantitative estimate of drug-likeness (QED) is 0.790. The number of thioether (sulfide) groups is 1. The van der Waals surface area contributed by atoms with E-state index in [4.69, 9.17) is 5.73 Å². The SMILES string of the molecule is Cn1c(CN)nnc1SCCC(=O)Nc1cccc(F)c1. The molecule has 0 unspecified atom stereocenters. The van der Waals surface area contributed by atoms with Crippen molar-refractivity contribution in [3.05, 3.63) is 35.9 Å². The van der Waals surface area contributed by atoms with Crippen LogP contribution in [0.3, 0.4) is 0 Å². The molecule has 1 heterocycles. The highest BCUT2D eigenvalue weighted by Gasteiger charge is 2.09. The topological polar surface area (TPSA) is 85.8 Å². The van der Waals surface area contributed by atoms with Crippen molar-refractivity contribution >= 4 is 23.4 Å². The molecule has 0 radical (unpaired) electrons. The van der Waals surface area contributed by atoms with Gasteiger partial charge in [0.25, 0.3) is 0 Å². The van der Waals surface area contributed by atoms with Gasteiger partial charge < -0.3 is 15.6 Å². The summed E-state index contributed by atoms with van der Waals surface area (Å²) in [5, 5.41) is 11.3. The molecule has 2 rings (SSSR count). The number of benzene rings is 1. The number of anilines is 1. The monoisotopic (exact) mass is 309 g/mol. The lowest BCUT2D eigenvalue weighted by Crippen LogP contribution is -2.12. The van der Waals surface area contributed by atoms with Crippen molar-refractivity contribution < 1.29 is 9.18 Å². The first-order chi connectivity index (χ1) is 10.1. The van der Waals surface area contributed by atoms with E-state index in [1.807, 2.05) is 7.05 Å². The van der Waals surface area contributed by atoms with Gasteiger partial charge in [0.05, 0.1) is 6.54 Å². The molecule has 0 aliphatic rings. The first-order valence-electron chi connectivity index (χ1n) is 6.36. The standard InChI is InChI=1S/C13H16FN5OS/c1-19-11(8-15)17-18-13(19)21-6-5-12(20)16-10-4-2-3-9(14)7-10/h2-4,7H,5-6,8,15H2,1H3,(H,16,20). The van der Waals surface area contributed by atoms with Gasteiger partial charge in [-0.15, -0.1) is 10.2 Å². The molecular formula is C13H16FN5OS. The molecule has 1 aromatic carbocycles. The van der Waals surface area contributed by atoms with Crippen molar-refractivity contribution in [3.63, 3.8) is 0 Å². The molecule has 0 saturated heterocycles. The van der Waals surface area contributed by atoms with Crippen molar-refractivity contribution in [2.45, 2.75) is 18.1 Å². The molecule has 0 bridgehead atoms. The molecule has 2 aromatic rings. The number of aromatic nitrogens is 3. The normalized spacial score (nSPS) is 10.6. The molecule has 0 saturated carbocycles. The number of nitrogens with zero attached hydrogens (tertiary/aromatic N) is 3. The third-order valence-corrected chi connectivity index (χ3v) is 3.80. The summed E-state index contributed by atoms with van der Waals surface area (Å²) in [5.41, 5.74) is 5.96. The van der Waals surface area contributed by atoms with E-state index in [1.54, 1.807) is 16.7 Å². The maximum atomic E-state index is 13.0. The predicted molar refractivity (Wildman–Crippen MR) is 79.3 cm³/mol. The number of halogens is 1. The summed E-state index contributed by atoms with van der Waals surface area (Å²) in [6.07, 6.45) is 0.298. The summed E-state index contributed by atoms with van der Waals surface area (Å²) in [4.78, 5) is 11.8. The van der Waals surface area contributed by atoms with Crippen LogP contribution in [0.5, 0.6) is 0 Å². The Morgan fingerprint density at radius 1 is 1.48 bits per heavy atom. The second kappa shape index (κ2) is 7.19. The summed E-state index contributed by atoms with van der Waals surface area (Å²) in [7, 11) is 1.83. The fourth-order valence-corrected chi connectivity index (χ4v) is 2.54. The highest BCUT2D eigenvalue weighted by molar-refractivity contribution is 7.99. The summed E-state index contributed by atoms with van der Waals surface area (Å²) < 4.78 is 14.8.